The number of alkyl halides is 2. The molecule has 0 fully saturated rings. The molecular formula is C13H16Cl2NS+. The summed E-state index contributed by atoms with van der Waals surface area (Å²) < 4.78 is 1.36. The molecule has 0 bridgehead atoms. The van der Waals surface area contributed by atoms with Crippen LogP contribution in [0.3, 0.4) is 0 Å². The molecule has 1 N–H and O–H groups in total. The molecule has 0 saturated heterocycles. The minimum absolute atomic E-state index is 0.689. The van der Waals surface area contributed by atoms with Crippen LogP contribution in [0.2, 0.25) is 0 Å². The fourth-order valence-corrected chi connectivity index (χ4v) is 3.51. The summed E-state index contributed by atoms with van der Waals surface area (Å²) in [7, 11) is 0. The Morgan fingerprint density at radius 3 is 2.47 bits per heavy atom. The maximum Gasteiger partial charge on any atom is 0.104 e. The van der Waals surface area contributed by atoms with Gasteiger partial charge in [-0.05, 0) is 6.07 Å². The van der Waals surface area contributed by atoms with Gasteiger partial charge < -0.3 is 4.90 Å². The molecule has 0 amide bonds. The molecule has 1 aromatic carbocycles. The van der Waals surface area contributed by atoms with Crippen molar-refractivity contribution in [3.05, 3.63) is 35.2 Å². The van der Waals surface area contributed by atoms with E-state index in [2.05, 4.69) is 29.6 Å². The average Bonchev–Trinajstić information content (AvgIpc) is 2.74. The molecule has 0 radical (unpaired) electrons. The zero-order valence-electron chi connectivity index (χ0n) is 9.59. The van der Waals surface area contributed by atoms with E-state index in [1.54, 1.807) is 0 Å². The summed E-state index contributed by atoms with van der Waals surface area (Å²) in [5.41, 5.74) is 1.41. The Balaban J connectivity index is 2.15. The molecular weight excluding hydrogens is 273 g/mol. The molecule has 1 nitrogen and oxygen atoms in total. The summed E-state index contributed by atoms with van der Waals surface area (Å²) in [5, 5.41) is 3.63. The third-order valence-corrected chi connectivity index (χ3v) is 4.29. The van der Waals surface area contributed by atoms with Crippen molar-refractivity contribution in [2.45, 2.75) is 6.54 Å². The number of fused-ring (bicyclic) bond motifs is 1. The normalized spacial score (nSPS) is 11.5. The van der Waals surface area contributed by atoms with Crippen molar-refractivity contribution in [3.8, 4) is 0 Å². The van der Waals surface area contributed by atoms with Crippen LogP contribution in [0.5, 0.6) is 0 Å². The zero-order valence-corrected chi connectivity index (χ0v) is 11.9. The van der Waals surface area contributed by atoms with Crippen LogP contribution in [0.25, 0.3) is 10.1 Å². The van der Waals surface area contributed by atoms with E-state index in [1.807, 2.05) is 11.3 Å². The van der Waals surface area contributed by atoms with Crippen LogP contribution in [0.15, 0.2) is 29.6 Å². The second-order valence-electron chi connectivity index (χ2n) is 4.06. The Morgan fingerprint density at radius 1 is 1.06 bits per heavy atom. The van der Waals surface area contributed by atoms with E-state index in [-0.39, 0.29) is 0 Å². The molecule has 0 aliphatic rings. The highest BCUT2D eigenvalue weighted by molar-refractivity contribution is 7.17. The Labute approximate surface area is 116 Å². The van der Waals surface area contributed by atoms with Crippen molar-refractivity contribution in [2.75, 3.05) is 24.8 Å². The van der Waals surface area contributed by atoms with Gasteiger partial charge >= 0.3 is 0 Å². The number of thiophene rings is 1. The average molecular weight is 289 g/mol. The van der Waals surface area contributed by atoms with Gasteiger partial charge in [-0.25, -0.2) is 0 Å². The van der Waals surface area contributed by atoms with E-state index in [0.29, 0.717) is 11.8 Å². The predicted molar refractivity (Wildman–Crippen MR) is 77.7 cm³/mol. The number of hydrogen-bond acceptors (Lipinski definition) is 1. The summed E-state index contributed by atoms with van der Waals surface area (Å²) in [6.07, 6.45) is 0. The quantitative estimate of drug-likeness (QED) is 0.780. The van der Waals surface area contributed by atoms with Gasteiger partial charge in [-0.15, -0.1) is 34.5 Å². The highest BCUT2D eigenvalue weighted by Crippen LogP contribution is 2.24. The van der Waals surface area contributed by atoms with Gasteiger partial charge in [0.15, 0.2) is 0 Å². The van der Waals surface area contributed by atoms with E-state index in [0.717, 1.165) is 19.6 Å². The predicted octanol–water partition coefficient (Wildman–Crippen LogP) is 2.76. The molecule has 0 spiro atoms. The van der Waals surface area contributed by atoms with Gasteiger partial charge in [0.25, 0.3) is 0 Å². The minimum atomic E-state index is 0.689. The first-order chi connectivity index (χ1) is 8.35. The van der Waals surface area contributed by atoms with Crippen LogP contribution in [-0.4, -0.2) is 24.8 Å². The number of halogens is 2. The lowest BCUT2D eigenvalue weighted by atomic mass is 10.1. The number of benzene rings is 1. The van der Waals surface area contributed by atoms with Crippen molar-refractivity contribution >= 4 is 44.6 Å². The molecule has 4 heteroatoms. The SMILES string of the molecule is ClCC[NH+](CCCl)Cc1csc2ccccc12. The highest BCUT2D eigenvalue weighted by atomic mass is 35.5. The fourth-order valence-electron chi connectivity index (χ4n) is 2.01. The van der Waals surface area contributed by atoms with E-state index in [9.17, 15) is 0 Å². The van der Waals surface area contributed by atoms with E-state index >= 15 is 0 Å². The smallest absolute Gasteiger partial charge is 0.104 e. The summed E-state index contributed by atoms with van der Waals surface area (Å²) >= 11 is 13.5. The van der Waals surface area contributed by atoms with Gasteiger partial charge in [0.2, 0.25) is 0 Å². The third-order valence-electron chi connectivity index (χ3n) is 2.90. The van der Waals surface area contributed by atoms with Gasteiger partial charge in [0, 0.05) is 21.0 Å². The van der Waals surface area contributed by atoms with Gasteiger partial charge in [-0.2, -0.15) is 0 Å². The molecule has 1 heterocycles. The van der Waals surface area contributed by atoms with Crippen molar-refractivity contribution in [3.63, 3.8) is 0 Å². The van der Waals surface area contributed by atoms with Crippen molar-refractivity contribution < 1.29 is 4.90 Å². The summed E-state index contributed by atoms with van der Waals surface area (Å²) in [6, 6.07) is 8.55. The number of hydrogen-bond donors (Lipinski definition) is 1. The molecule has 17 heavy (non-hydrogen) atoms. The Kier molecular flexibility index (Phi) is 5.11. The molecule has 0 atom stereocenters. The van der Waals surface area contributed by atoms with Gasteiger partial charge in [0.1, 0.15) is 6.54 Å². The minimum Gasteiger partial charge on any atom is -0.329 e. The van der Waals surface area contributed by atoms with Crippen molar-refractivity contribution in [1.82, 2.24) is 0 Å². The molecule has 0 saturated carbocycles. The molecule has 0 aliphatic carbocycles. The first-order valence-corrected chi connectivity index (χ1v) is 7.70. The lowest BCUT2D eigenvalue weighted by Gasteiger charge is -2.16. The van der Waals surface area contributed by atoms with Crippen LogP contribution < -0.4 is 4.90 Å². The monoisotopic (exact) mass is 288 g/mol. The van der Waals surface area contributed by atoms with Crippen molar-refractivity contribution in [2.24, 2.45) is 0 Å². The molecule has 2 rings (SSSR count). The van der Waals surface area contributed by atoms with E-state index < -0.39 is 0 Å². The third kappa shape index (κ3) is 3.35. The standard InChI is InChI=1S/C13H15Cl2NS/c14-5-7-16(8-6-15)9-11-10-17-13-4-2-1-3-12(11)13/h1-4,10H,5-9H2/p+1. The lowest BCUT2D eigenvalue weighted by molar-refractivity contribution is -0.909. The van der Waals surface area contributed by atoms with Crippen LogP contribution in [0, 0.1) is 0 Å². The zero-order chi connectivity index (χ0) is 12.1. The fraction of sp³-hybridized carbons (Fsp3) is 0.385. The second-order valence-corrected chi connectivity index (χ2v) is 5.73. The van der Waals surface area contributed by atoms with Gasteiger partial charge in [-0.3, -0.25) is 0 Å². The summed E-state index contributed by atoms with van der Waals surface area (Å²) in [5.74, 6) is 1.38. The maximum absolute atomic E-state index is 5.83. The van der Waals surface area contributed by atoms with Crippen LogP contribution in [-0.2, 0) is 6.54 Å². The first-order valence-electron chi connectivity index (χ1n) is 5.75. The molecule has 2 aromatic rings. The topological polar surface area (TPSA) is 4.44 Å². The molecule has 0 aliphatic heterocycles. The number of quaternary nitrogens is 1. The summed E-state index contributed by atoms with van der Waals surface area (Å²) in [4.78, 5) is 1.46. The van der Waals surface area contributed by atoms with E-state index in [4.69, 9.17) is 23.2 Å². The molecule has 1 aromatic heterocycles. The van der Waals surface area contributed by atoms with Crippen molar-refractivity contribution in [1.29, 1.82) is 0 Å². The van der Waals surface area contributed by atoms with Gasteiger partial charge in [0.05, 0.1) is 24.8 Å². The van der Waals surface area contributed by atoms with Crippen LogP contribution >= 0.6 is 34.5 Å². The molecule has 0 unspecified atom stereocenters. The number of rotatable bonds is 6. The summed E-state index contributed by atoms with van der Waals surface area (Å²) in [6.45, 7) is 2.96. The Bertz CT molecular complexity index is 463. The highest BCUT2D eigenvalue weighted by Gasteiger charge is 2.11. The largest absolute Gasteiger partial charge is 0.329 e. The second kappa shape index (κ2) is 6.60. The maximum atomic E-state index is 5.83. The Hall–Kier alpha value is -0.280. The van der Waals surface area contributed by atoms with Gasteiger partial charge in [-0.1, -0.05) is 18.2 Å². The van der Waals surface area contributed by atoms with E-state index in [1.165, 1.54) is 20.5 Å². The first kappa shape index (κ1) is 13.2. The Morgan fingerprint density at radius 2 is 1.76 bits per heavy atom. The number of nitrogens with one attached hydrogen (secondary N) is 1. The lowest BCUT2D eigenvalue weighted by Crippen LogP contribution is -3.11. The van der Waals surface area contributed by atoms with Crippen LogP contribution in [0.1, 0.15) is 5.56 Å². The van der Waals surface area contributed by atoms with Crippen LogP contribution in [0.4, 0.5) is 0 Å². The molecule has 92 valence electrons.